The highest BCUT2D eigenvalue weighted by Crippen LogP contribution is 2.35. The van der Waals surface area contributed by atoms with Crippen molar-refractivity contribution in [2.45, 2.75) is 44.7 Å². The highest BCUT2D eigenvalue weighted by molar-refractivity contribution is 5.79. The lowest BCUT2D eigenvalue weighted by atomic mass is 10.0. The molecule has 0 radical (unpaired) electrons. The normalized spacial score (nSPS) is 24.3. The molecular weight excluding hydrogens is 320 g/mol. The van der Waals surface area contributed by atoms with Gasteiger partial charge in [0.2, 0.25) is 5.91 Å². The van der Waals surface area contributed by atoms with Gasteiger partial charge in [-0.3, -0.25) is 9.69 Å². The molecule has 1 aromatic rings. The van der Waals surface area contributed by atoms with Crippen molar-refractivity contribution in [2.24, 2.45) is 0 Å². The molecule has 0 spiro atoms. The second-order valence-electron chi connectivity index (χ2n) is 6.61. The molecule has 0 unspecified atom stereocenters. The molecule has 1 aromatic heterocycles. The first-order valence-corrected chi connectivity index (χ1v) is 8.29. The Bertz CT molecular complexity index is 587. The topological polar surface area (TPSA) is 58.8 Å². The summed E-state index contributed by atoms with van der Waals surface area (Å²) in [6.07, 6.45) is -0.0130. The average Bonchev–Trinajstić information content (AvgIpc) is 2.98. The van der Waals surface area contributed by atoms with Crippen LogP contribution in [0, 0.1) is 6.92 Å². The molecule has 0 bridgehead atoms. The van der Waals surface area contributed by atoms with Crippen molar-refractivity contribution in [3.63, 3.8) is 0 Å². The standard InChI is InChI=1S/C16H23F2N3O3/c1-3-23-9-12-6-16(17,18)10-21(12)13-7-20(8-13)15(22)5-14-4-11(2)19-24-14/h4,12-13H,3,5-10H2,1-2H3/t12-/m0/s1. The summed E-state index contributed by atoms with van der Waals surface area (Å²) < 4.78 is 37.9. The van der Waals surface area contributed by atoms with Crippen LogP contribution in [-0.2, 0) is 16.0 Å². The Hall–Kier alpha value is -1.54. The number of carbonyl (C=O) groups is 1. The largest absolute Gasteiger partial charge is 0.380 e. The summed E-state index contributed by atoms with van der Waals surface area (Å²) in [7, 11) is 0. The maximum atomic E-state index is 13.7. The lowest BCUT2D eigenvalue weighted by Crippen LogP contribution is -2.62. The molecule has 0 aromatic carbocycles. The highest BCUT2D eigenvalue weighted by Gasteiger charge is 2.50. The van der Waals surface area contributed by atoms with Crippen LogP contribution < -0.4 is 0 Å². The maximum Gasteiger partial charge on any atom is 0.262 e. The van der Waals surface area contributed by atoms with E-state index in [1.807, 2.05) is 6.92 Å². The van der Waals surface area contributed by atoms with E-state index in [0.29, 0.717) is 32.1 Å². The van der Waals surface area contributed by atoms with Gasteiger partial charge in [-0.1, -0.05) is 5.16 Å². The number of halogens is 2. The van der Waals surface area contributed by atoms with Crippen molar-refractivity contribution in [2.75, 3.05) is 32.8 Å². The zero-order chi connectivity index (χ0) is 17.3. The van der Waals surface area contributed by atoms with Gasteiger partial charge in [0.1, 0.15) is 5.76 Å². The number of aromatic nitrogens is 1. The van der Waals surface area contributed by atoms with Crippen LogP contribution in [0.5, 0.6) is 0 Å². The fourth-order valence-electron chi connectivity index (χ4n) is 3.39. The Morgan fingerprint density at radius 1 is 1.50 bits per heavy atom. The van der Waals surface area contributed by atoms with Crippen molar-refractivity contribution >= 4 is 5.91 Å². The first kappa shape index (κ1) is 17.3. The lowest BCUT2D eigenvalue weighted by Gasteiger charge is -2.45. The Labute approximate surface area is 139 Å². The Morgan fingerprint density at radius 2 is 2.25 bits per heavy atom. The van der Waals surface area contributed by atoms with Gasteiger partial charge in [0, 0.05) is 44.3 Å². The first-order valence-electron chi connectivity index (χ1n) is 8.29. The fraction of sp³-hybridized carbons (Fsp3) is 0.750. The molecule has 1 amide bonds. The first-order chi connectivity index (χ1) is 11.4. The Morgan fingerprint density at radius 3 is 2.88 bits per heavy atom. The Kier molecular flexibility index (Phi) is 4.87. The molecule has 6 nitrogen and oxygen atoms in total. The van der Waals surface area contributed by atoms with E-state index in [9.17, 15) is 13.6 Å². The smallest absolute Gasteiger partial charge is 0.262 e. The van der Waals surface area contributed by atoms with E-state index in [-0.39, 0.29) is 37.4 Å². The third-order valence-electron chi connectivity index (χ3n) is 4.62. The highest BCUT2D eigenvalue weighted by atomic mass is 19.3. The minimum absolute atomic E-state index is 0.0238. The third-order valence-corrected chi connectivity index (χ3v) is 4.62. The van der Waals surface area contributed by atoms with Crippen LogP contribution in [0.15, 0.2) is 10.6 Å². The number of carbonyl (C=O) groups excluding carboxylic acids is 1. The number of alkyl halides is 2. The molecular formula is C16H23F2N3O3. The summed E-state index contributed by atoms with van der Waals surface area (Å²) in [5.41, 5.74) is 0.734. The van der Waals surface area contributed by atoms with Crippen LogP contribution in [0.4, 0.5) is 8.78 Å². The molecule has 2 saturated heterocycles. The zero-order valence-electron chi connectivity index (χ0n) is 14.0. The molecule has 24 heavy (non-hydrogen) atoms. The second kappa shape index (κ2) is 6.76. The van der Waals surface area contributed by atoms with Crippen molar-refractivity contribution in [1.82, 2.24) is 15.0 Å². The molecule has 3 rings (SSSR count). The van der Waals surface area contributed by atoms with Crippen LogP contribution in [0.25, 0.3) is 0 Å². The predicted molar refractivity (Wildman–Crippen MR) is 81.9 cm³/mol. The van der Waals surface area contributed by atoms with Crippen LogP contribution >= 0.6 is 0 Å². The van der Waals surface area contributed by atoms with E-state index in [4.69, 9.17) is 9.26 Å². The number of hydrogen-bond acceptors (Lipinski definition) is 5. The van der Waals surface area contributed by atoms with Gasteiger partial charge in [-0.15, -0.1) is 0 Å². The van der Waals surface area contributed by atoms with E-state index in [1.54, 1.807) is 22.8 Å². The van der Waals surface area contributed by atoms with Gasteiger partial charge >= 0.3 is 0 Å². The number of likely N-dealkylation sites (tertiary alicyclic amines) is 2. The van der Waals surface area contributed by atoms with Gasteiger partial charge in [-0.25, -0.2) is 8.78 Å². The summed E-state index contributed by atoms with van der Waals surface area (Å²) in [6.45, 7) is 5.18. The van der Waals surface area contributed by atoms with Crippen molar-refractivity contribution in [1.29, 1.82) is 0 Å². The average molecular weight is 343 g/mol. The summed E-state index contributed by atoms with van der Waals surface area (Å²) in [5, 5.41) is 3.75. The van der Waals surface area contributed by atoms with Crippen LogP contribution in [-0.4, -0.2) is 71.7 Å². The van der Waals surface area contributed by atoms with Crippen molar-refractivity contribution in [3.8, 4) is 0 Å². The molecule has 3 heterocycles. The van der Waals surface area contributed by atoms with Gasteiger partial charge in [0.05, 0.1) is 25.3 Å². The van der Waals surface area contributed by atoms with Gasteiger partial charge in [0.25, 0.3) is 5.92 Å². The summed E-state index contributed by atoms with van der Waals surface area (Å²) in [5.74, 6) is -2.21. The summed E-state index contributed by atoms with van der Waals surface area (Å²) in [6, 6.07) is 1.43. The van der Waals surface area contributed by atoms with E-state index in [2.05, 4.69) is 5.16 Å². The van der Waals surface area contributed by atoms with E-state index in [1.165, 1.54) is 0 Å². The third kappa shape index (κ3) is 3.75. The number of hydrogen-bond donors (Lipinski definition) is 0. The molecule has 8 heteroatoms. The number of aryl methyl sites for hydroxylation is 1. The van der Waals surface area contributed by atoms with E-state index < -0.39 is 5.92 Å². The molecule has 0 saturated carbocycles. The number of amides is 1. The molecule has 2 aliphatic rings. The van der Waals surface area contributed by atoms with Crippen molar-refractivity contribution in [3.05, 3.63) is 17.5 Å². The van der Waals surface area contributed by atoms with Gasteiger partial charge in [0.15, 0.2) is 0 Å². The second-order valence-corrected chi connectivity index (χ2v) is 6.61. The van der Waals surface area contributed by atoms with Gasteiger partial charge < -0.3 is 14.2 Å². The number of ether oxygens (including phenoxy) is 1. The maximum absolute atomic E-state index is 13.7. The quantitative estimate of drug-likeness (QED) is 0.783. The number of nitrogens with zero attached hydrogens (tertiary/aromatic N) is 3. The Balaban J connectivity index is 1.52. The predicted octanol–water partition coefficient (Wildman–Crippen LogP) is 1.48. The van der Waals surface area contributed by atoms with Crippen LogP contribution in [0.1, 0.15) is 24.8 Å². The summed E-state index contributed by atoms with van der Waals surface area (Å²) in [4.78, 5) is 15.7. The molecule has 0 N–H and O–H groups in total. The molecule has 1 atom stereocenters. The van der Waals surface area contributed by atoms with Gasteiger partial charge in [-0.05, 0) is 13.8 Å². The van der Waals surface area contributed by atoms with E-state index in [0.717, 1.165) is 5.69 Å². The number of rotatable bonds is 6. The zero-order valence-corrected chi connectivity index (χ0v) is 14.0. The van der Waals surface area contributed by atoms with Crippen LogP contribution in [0.2, 0.25) is 0 Å². The molecule has 2 fully saturated rings. The van der Waals surface area contributed by atoms with Gasteiger partial charge in [-0.2, -0.15) is 0 Å². The monoisotopic (exact) mass is 343 g/mol. The SMILES string of the molecule is CCOC[C@@H]1CC(F)(F)CN1C1CN(C(=O)Cc2cc(C)no2)C1. The minimum Gasteiger partial charge on any atom is -0.380 e. The van der Waals surface area contributed by atoms with Crippen LogP contribution in [0.3, 0.4) is 0 Å². The molecule has 0 aliphatic carbocycles. The molecule has 2 aliphatic heterocycles. The van der Waals surface area contributed by atoms with Crippen molar-refractivity contribution < 1.29 is 22.8 Å². The molecule has 134 valence electrons. The summed E-state index contributed by atoms with van der Waals surface area (Å²) >= 11 is 0. The lowest BCUT2D eigenvalue weighted by molar-refractivity contribution is -0.139. The minimum atomic E-state index is -2.68. The van der Waals surface area contributed by atoms with E-state index >= 15 is 0 Å². The fourth-order valence-corrected chi connectivity index (χ4v) is 3.39.